The van der Waals surface area contributed by atoms with Crippen LogP contribution < -0.4 is 15.5 Å². The lowest BCUT2D eigenvalue weighted by atomic mass is 9.70. The molecule has 0 saturated heterocycles. The third-order valence-electron chi connectivity index (χ3n) is 6.13. The van der Waals surface area contributed by atoms with Gasteiger partial charge in [0.1, 0.15) is 5.75 Å². The number of nitrogens with one attached hydrogen (secondary N) is 2. The van der Waals surface area contributed by atoms with Crippen LogP contribution >= 0.6 is 12.2 Å². The SMILES string of the molecule is COc1cccc(NC(=S)N/N=C2/C[C@@H]3CC[C@@]2(C)C3(C)C)c1. The molecule has 4 nitrogen and oxygen atoms in total. The average molecular weight is 331 g/mol. The third-order valence-corrected chi connectivity index (χ3v) is 6.33. The summed E-state index contributed by atoms with van der Waals surface area (Å²) in [6.07, 6.45) is 3.62. The second-order valence-corrected chi connectivity index (χ2v) is 7.76. The number of nitrogens with zero attached hydrogens (tertiary/aromatic N) is 1. The summed E-state index contributed by atoms with van der Waals surface area (Å²) in [5.74, 6) is 1.54. The van der Waals surface area contributed by atoms with Crippen molar-refractivity contribution >= 4 is 28.7 Å². The van der Waals surface area contributed by atoms with Crippen LogP contribution in [0.15, 0.2) is 29.4 Å². The minimum Gasteiger partial charge on any atom is -0.497 e. The molecule has 2 atom stereocenters. The molecule has 0 radical (unpaired) electrons. The maximum atomic E-state index is 5.36. The molecule has 0 aromatic heterocycles. The lowest BCUT2D eigenvalue weighted by Crippen LogP contribution is -2.34. The average Bonchev–Trinajstić information content (AvgIpc) is 2.86. The van der Waals surface area contributed by atoms with Crippen molar-refractivity contribution in [1.82, 2.24) is 5.43 Å². The van der Waals surface area contributed by atoms with Crippen molar-refractivity contribution in [3.05, 3.63) is 24.3 Å². The Morgan fingerprint density at radius 1 is 1.35 bits per heavy atom. The van der Waals surface area contributed by atoms with Gasteiger partial charge in [0.2, 0.25) is 0 Å². The highest BCUT2D eigenvalue weighted by Crippen LogP contribution is 2.63. The lowest BCUT2D eigenvalue weighted by molar-refractivity contribution is 0.193. The van der Waals surface area contributed by atoms with Crippen LogP contribution in [0.1, 0.15) is 40.0 Å². The fourth-order valence-corrected chi connectivity index (χ4v) is 4.24. The minimum absolute atomic E-state index is 0.191. The smallest absolute Gasteiger partial charge is 0.191 e. The second-order valence-electron chi connectivity index (χ2n) is 7.35. The zero-order valence-electron chi connectivity index (χ0n) is 14.3. The standard InChI is InChI=1S/C18H25N3OS/c1-17(2)12-8-9-18(17,3)15(10-12)20-21-16(23)19-13-6-5-7-14(11-13)22-4/h5-7,11-12H,8-10H2,1-4H3,(H2,19,21,23)/b20-15-/t12-,18+/m0/s1. The van der Waals surface area contributed by atoms with Gasteiger partial charge in [0.15, 0.2) is 5.11 Å². The first-order valence-electron chi connectivity index (χ1n) is 8.15. The number of fused-ring (bicyclic) bond motifs is 2. The highest BCUT2D eigenvalue weighted by Gasteiger charge is 2.59. The fourth-order valence-electron chi connectivity index (χ4n) is 4.08. The molecular formula is C18H25N3OS. The van der Waals surface area contributed by atoms with Gasteiger partial charge in [0, 0.05) is 22.9 Å². The first kappa shape index (κ1) is 16.2. The zero-order chi connectivity index (χ0) is 16.7. The van der Waals surface area contributed by atoms with Crippen LogP contribution in [0.25, 0.3) is 0 Å². The summed E-state index contributed by atoms with van der Waals surface area (Å²) >= 11 is 5.36. The third kappa shape index (κ3) is 2.71. The van der Waals surface area contributed by atoms with Gasteiger partial charge >= 0.3 is 0 Å². The maximum Gasteiger partial charge on any atom is 0.191 e. The Hall–Kier alpha value is -1.62. The van der Waals surface area contributed by atoms with Crippen molar-refractivity contribution in [3.8, 4) is 5.75 Å². The first-order chi connectivity index (χ1) is 10.9. The summed E-state index contributed by atoms with van der Waals surface area (Å²) in [7, 11) is 1.65. The van der Waals surface area contributed by atoms with Gasteiger partial charge in [-0.05, 0) is 54.9 Å². The zero-order valence-corrected chi connectivity index (χ0v) is 15.1. The summed E-state index contributed by atoms with van der Waals surface area (Å²) in [5.41, 5.74) is 5.69. The van der Waals surface area contributed by atoms with E-state index in [1.165, 1.54) is 18.6 Å². The number of hydrazone groups is 1. The summed E-state index contributed by atoms with van der Waals surface area (Å²) in [4.78, 5) is 0. The number of hydrogen-bond acceptors (Lipinski definition) is 3. The van der Waals surface area contributed by atoms with Crippen LogP contribution in [0.2, 0.25) is 0 Å². The van der Waals surface area contributed by atoms with Crippen LogP contribution in [0, 0.1) is 16.7 Å². The minimum atomic E-state index is 0.191. The van der Waals surface area contributed by atoms with Gasteiger partial charge in [-0.1, -0.05) is 26.8 Å². The Kier molecular flexibility index (Phi) is 4.08. The van der Waals surface area contributed by atoms with Crippen molar-refractivity contribution in [2.75, 3.05) is 12.4 Å². The van der Waals surface area contributed by atoms with E-state index in [9.17, 15) is 0 Å². The van der Waals surface area contributed by atoms with Crippen LogP contribution in [-0.2, 0) is 0 Å². The molecule has 2 aliphatic carbocycles. The Morgan fingerprint density at radius 3 is 2.74 bits per heavy atom. The van der Waals surface area contributed by atoms with Crippen molar-refractivity contribution in [1.29, 1.82) is 0 Å². The Morgan fingerprint density at radius 2 is 2.13 bits per heavy atom. The van der Waals surface area contributed by atoms with E-state index in [4.69, 9.17) is 17.0 Å². The van der Waals surface area contributed by atoms with Crippen LogP contribution in [0.5, 0.6) is 5.75 Å². The summed E-state index contributed by atoms with van der Waals surface area (Å²) in [6.45, 7) is 7.10. The molecule has 0 spiro atoms. The van der Waals surface area contributed by atoms with E-state index in [0.717, 1.165) is 23.8 Å². The quantitative estimate of drug-likeness (QED) is 0.644. The predicted octanol–water partition coefficient (Wildman–Crippen LogP) is 4.18. The van der Waals surface area contributed by atoms with E-state index in [2.05, 4.69) is 36.6 Å². The van der Waals surface area contributed by atoms with Crippen molar-refractivity contribution in [2.45, 2.75) is 40.0 Å². The predicted molar refractivity (Wildman–Crippen MR) is 99.0 cm³/mol. The molecule has 2 bridgehead atoms. The highest BCUT2D eigenvalue weighted by atomic mass is 32.1. The van der Waals surface area contributed by atoms with E-state index in [-0.39, 0.29) is 5.41 Å². The largest absolute Gasteiger partial charge is 0.497 e. The molecule has 2 aliphatic rings. The number of rotatable bonds is 3. The highest BCUT2D eigenvalue weighted by molar-refractivity contribution is 7.80. The molecule has 0 unspecified atom stereocenters. The van der Waals surface area contributed by atoms with Gasteiger partial charge in [-0.15, -0.1) is 0 Å². The number of anilines is 1. The molecule has 124 valence electrons. The fraction of sp³-hybridized carbons (Fsp3) is 0.556. The molecular weight excluding hydrogens is 306 g/mol. The van der Waals surface area contributed by atoms with Crippen molar-refractivity contribution in [2.24, 2.45) is 21.8 Å². The summed E-state index contributed by atoms with van der Waals surface area (Å²) in [6, 6.07) is 7.68. The Bertz CT molecular complexity index is 655. The maximum absolute atomic E-state index is 5.36. The normalized spacial score (nSPS) is 29.6. The van der Waals surface area contributed by atoms with Gasteiger partial charge in [0.05, 0.1) is 7.11 Å². The second kappa shape index (κ2) is 5.78. The molecule has 23 heavy (non-hydrogen) atoms. The van der Waals surface area contributed by atoms with E-state index in [1.54, 1.807) is 7.11 Å². The first-order valence-corrected chi connectivity index (χ1v) is 8.56. The molecule has 1 aromatic rings. The molecule has 0 amide bonds. The van der Waals surface area contributed by atoms with Crippen molar-refractivity contribution < 1.29 is 4.74 Å². The number of benzene rings is 1. The molecule has 2 fully saturated rings. The molecule has 2 saturated carbocycles. The topological polar surface area (TPSA) is 45.6 Å². The summed E-state index contributed by atoms with van der Waals surface area (Å²) in [5, 5.41) is 8.30. The van der Waals surface area contributed by atoms with E-state index in [0.29, 0.717) is 10.5 Å². The Balaban J connectivity index is 1.65. The van der Waals surface area contributed by atoms with Crippen LogP contribution in [0.3, 0.4) is 0 Å². The number of thiocarbonyl (C=S) groups is 1. The van der Waals surface area contributed by atoms with E-state index >= 15 is 0 Å². The molecule has 1 aromatic carbocycles. The molecule has 0 aliphatic heterocycles. The van der Waals surface area contributed by atoms with Gasteiger partial charge in [-0.3, -0.25) is 5.43 Å². The molecule has 0 heterocycles. The van der Waals surface area contributed by atoms with Gasteiger partial charge < -0.3 is 10.1 Å². The van der Waals surface area contributed by atoms with Crippen molar-refractivity contribution in [3.63, 3.8) is 0 Å². The van der Waals surface area contributed by atoms with Gasteiger partial charge in [0.25, 0.3) is 0 Å². The monoisotopic (exact) mass is 331 g/mol. The van der Waals surface area contributed by atoms with Crippen LogP contribution in [-0.4, -0.2) is 17.9 Å². The van der Waals surface area contributed by atoms with E-state index < -0.39 is 0 Å². The molecule has 5 heteroatoms. The van der Waals surface area contributed by atoms with Gasteiger partial charge in [-0.2, -0.15) is 5.10 Å². The molecule has 3 rings (SSSR count). The number of hydrogen-bond donors (Lipinski definition) is 2. The number of methoxy groups -OCH3 is 1. The summed E-state index contributed by atoms with van der Waals surface area (Å²) < 4.78 is 5.22. The van der Waals surface area contributed by atoms with Gasteiger partial charge in [-0.25, -0.2) is 0 Å². The van der Waals surface area contributed by atoms with Crippen LogP contribution in [0.4, 0.5) is 5.69 Å². The molecule has 2 N–H and O–H groups in total. The number of ether oxygens (including phenoxy) is 1. The van der Waals surface area contributed by atoms with E-state index in [1.807, 2.05) is 24.3 Å². The lowest BCUT2D eigenvalue weighted by Gasteiger charge is -2.34. The Labute approximate surface area is 143 Å².